The van der Waals surface area contributed by atoms with E-state index in [0.29, 0.717) is 32.4 Å². The molecule has 3 rings (SSSR count). The Balaban J connectivity index is 2.01. The van der Waals surface area contributed by atoms with Crippen molar-refractivity contribution in [3.05, 3.63) is 0 Å². The Kier molecular flexibility index (Phi) is 16.4. The number of aliphatic hydroxyl groups is 4. The average Bonchev–Trinajstić information content (AvgIpc) is 3.89. The molecular formula is C40H76N2O12. The van der Waals surface area contributed by atoms with Crippen LogP contribution in [0.3, 0.4) is 0 Å². The first-order chi connectivity index (χ1) is 24.8. The summed E-state index contributed by atoms with van der Waals surface area (Å²) in [6.45, 7) is 21.3. The first-order valence-corrected chi connectivity index (χ1v) is 20.0. The average molecular weight is 777 g/mol. The SMILES string of the molecule is CCCOC(=O)C(C)C(OC1CC(C)(OC)[C@@]2(CO2)C(C)O1)C(C)C(OC1OC(C)CC(N(C)C)C1O)C(C)(O)CC(C)CN(C)C(C)C(O)C(C)(C)O. The molecule has 15 unspecified atom stereocenters. The molecule has 54 heavy (non-hydrogen) atoms. The van der Waals surface area contributed by atoms with Crippen molar-refractivity contribution in [2.24, 2.45) is 17.8 Å². The van der Waals surface area contributed by atoms with Crippen LogP contribution in [0.5, 0.6) is 0 Å². The first-order valence-electron chi connectivity index (χ1n) is 20.0. The molecule has 0 radical (unpaired) electrons. The van der Waals surface area contributed by atoms with Gasteiger partial charge in [0.1, 0.15) is 17.3 Å². The van der Waals surface area contributed by atoms with Gasteiger partial charge in [-0.25, -0.2) is 0 Å². The van der Waals surface area contributed by atoms with E-state index in [1.54, 1.807) is 34.8 Å². The molecule has 0 aliphatic carbocycles. The Morgan fingerprint density at radius 2 is 1.65 bits per heavy atom. The Morgan fingerprint density at radius 3 is 2.17 bits per heavy atom. The van der Waals surface area contributed by atoms with Crippen molar-refractivity contribution in [1.29, 1.82) is 0 Å². The standard InChI is InChI=1S/C40H76N2O12/c1-16-17-49-35(45)26(5)32(53-30-20-39(11,48-15)40(22-50-40)28(7)52-30)25(4)34(54-36-31(43)29(41(12)13)18-24(3)51-36)38(10,47)19-23(2)21-42(14)27(6)33(44)37(8,9)46/h23-34,36,43-44,46-47H,16-22H2,1-15H3/t23?,24?,25?,26?,27?,28?,29?,30?,31?,32?,33?,34?,36?,38?,39?,40-/m1/s1. The van der Waals surface area contributed by atoms with Gasteiger partial charge in [-0.2, -0.15) is 0 Å². The third kappa shape index (κ3) is 10.9. The molecule has 0 amide bonds. The number of hydrogen-bond donors (Lipinski definition) is 4. The highest BCUT2D eigenvalue weighted by Crippen LogP contribution is 2.51. The van der Waals surface area contributed by atoms with E-state index in [0.717, 1.165) is 0 Å². The number of esters is 1. The summed E-state index contributed by atoms with van der Waals surface area (Å²) in [5, 5.41) is 45.4. The molecule has 3 saturated heterocycles. The lowest BCUT2D eigenvalue weighted by Gasteiger charge is -2.49. The minimum Gasteiger partial charge on any atom is -0.465 e. The van der Waals surface area contributed by atoms with Gasteiger partial charge in [0.15, 0.2) is 12.6 Å². The lowest BCUT2D eigenvalue weighted by Crippen LogP contribution is -2.61. The van der Waals surface area contributed by atoms with Gasteiger partial charge in [0.2, 0.25) is 0 Å². The van der Waals surface area contributed by atoms with E-state index < -0.39 is 77.2 Å². The van der Waals surface area contributed by atoms with Crippen LogP contribution in [0.15, 0.2) is 0 Å². The summed E-state index contributed by atoms with van der Waals surface area (Å²) in [7, 11) is 7.32. The zero-order valence-electron chi connectivity index (χ0n) is 35.9. The van der Waals surface area contributed by atoms with Crippen molar-refractivity contribution in [3.63, 3.8) is 0 Å². The number of hydrogen-bond acceptors (Lipinski definition) is 14. The maximum absolute atomic E-state index is 13.6. The minimum atomic E-state index is -1.54. The molecule has 4 N–H and O–H groups in total. The molecule has 318 valence electrons. The molecule has 3 fully saturated rings. The molecular weight excluding hydrogens is 700 g/mol. The van der Waals surface area contributed by atoms with Gasteiger partial charge >= 0.3 is 5.97 Å². The molecule has 0 bridgehead atoms. The number of methoxy groups -OCH3 is 1. The van der Waals surface area contributed by atoms with Crippen LogP contribution in [0.25, 0.3) is 0 Å². The highest BCUT2D eigenvalue weighted by atomic mass is 16.7. The fourth-order valence-corrected chi connectivity index (χ4v) is 8.78. The van der Waals surface area contributed by atoms with E-state index in [2.05, 4.69) is 0 Å². The second-order valence-electron chi connectivity index (χ2n) is 18.0. The van der Waals surface area contributed by atoms with E-state index in [1.807, 2.05) is 79.4 Å². The summed E-state index contributed by atoms with van der Waals surface area (Å²) in [6.07, 6.45) is -4.57. The number of rotatable bonds is 20. The molecule has 3 aliphatic heterocycles. The lowest BCUT2D eigenvalue weighted by molar-refractivity contribution is -0.315. The minimum absolute atomic E-state index is 0.128. The zero-order valence-corrected chi connectivity index (χ0v) is 35.9. The van der Waals surface area contributed by atoms with Crippen LogP contribution in [-0.4, -0.2) is 168 Å². The van der Waals surface area contributed by atoms with Crippen molar-refractivity contribution in [2.45, 2.75) is 186 Å². The van der Waals surface area contributed by atoms with Crippen molar-refractivity contribution >= 4 is 5.97 Å². The summed E-state index contributed by atoms with van der Waals surface area (Å²) in [5.74, 6) is -2.04. The van der Waals surface area contributed by atoms with Crippen LogP contribution >= 0.6 is 0 Å². The summed E-state index contributed by atoms with van der Waals surface area (Å²) < 4.78 is 43.8. The zero-order chi connectivity index (χ0) is 41.1. The third-order valence-electron chi connectivity index (χ3n) is 12.4. The van der Waals surface area contributed by atoms with Gasteiger partial charge in [-0.3, -0.25) is 4.79 Å². The predicted molar refractivity (Wildman–Crippen MR) is 204 cm³/mol. The summed E-state index contributed by atoms with van der Waals surface area (Å²) in [5.41, 5.74) is -4.15. The van der Waals surface area contributed by atoms with Crippen LogP contribution in [0, 0.1) is 17.8 Å². The van der Waals surface area contributed by atoms with Crippen LogP contribution in [0.4, 0.5) is 0 Å². The van der Waals surface area contributed by atoms with Crippen LogP contribution in [0.1, 0.15) is 102 Å². The molecule has 14 nitrogen and oxygen atoms in total. The Hall–Kier alpha value is -1.01. The van der Waals surface area contributed by atoms with E-state index in [4.69, 9.17) is 33.2 Å². The second-order valence-corrected chi connectivity index (χ2v) is 18.0. The molecule has 3 heterocycles. The monoisotopic (exact) mass is 777 g/mol. The summed E-state index contributed by atoms with van der Waals surface area (Å²) in [6, 6.07) is -0.631. The first kappa shape index (κ1) is 47.4. The van der Waals surface area contributed by atoms with Crippen LogP contribution in [-0.2, 0) is 38.0 Å². The van der Waals surface area contributed by atoms with Gasteiger partial charge < -0.3 is 63.4 Å². The van der Waals surface area contributed by atoms with Gasteiger partial charge in [-0.05, 0) is 102 Å². The smallest absolute Gasteiger partial charge is 0.311 e. The fourth-order valence-electron chi connectivity index (χ4n) is 8.78. The van der Waals surface area contributed by atoms with Crippen molar-refractivity contribution < 1.29 is 58.4 Å². The number of carbonyl (C=O) groups excluding carboxylic acids is 1. The third-order valence-corrected chi connectivity index (χ3v) is 12.4. The topological polar surface area (TPSA) is 172 Å². The predicted octanol–water partition coefficient (Wildman–Crippen LogP) is 2.95. The van der Waals surface area contributed by atoms with E-state index in [9.17, 15) is 25.2 Å². The number of carbonyl (C=O) groups is 1. The maximum atomic E-state index is 13.6. The highest BCUT2D eigenvalue weighted by Gasteiger charge is 2.67. The van der Waals surface area contributed by atoms with E-state index in [1.165, 1.54) is 0 Å². The van der Waals surface area contributed by atoms with E-state index >= 15 is 0 Å². The number of likely N-dealkylation sites (N-methyl/N-ethyl adjacent to an activating group) is 2. The maximum Gasteiger partial charge on any atom is 0.311 e. The van der Waals surface area contributed by atoms with Gasteiger partial charge in [0.05, 0.1) is 60.9 Å². The van der Waals surface area contributed by atoms with E-state index in [-0.39, 0.29) is 43.2 Å². The molecule has 1 spiro atoms. The van der Waals surface area contributed by atoms with Gasteiger partial charge in [0, 0.05) is 38.1 Å². The number of aliphatic hydroxyl groups excluding tert-OH is 2. The highest BCUT2D eigenvalue weighted by molar-refractivity contribution is 5.72. The van der Waals surface area contributed by atoms with Gasteiger partial charge in [-0.15, -0.1) is 0 Å². The molecule has 0 aromatic heterocycles. The number of epoxide rings is 1. The lowest BCUT2D eigenvalue weighted by atomic mass is 9.77. The summed E-state index contributed by atoms with van der Waals surface area (Å²) >= 11 is 0. The molecule has 0 saturated carbocycles. The Labute approximate surface area is 325 Å². The number of nitrogens with zero attached hydrogens (tertiary/aromatic N) is 2. The Morgan fingerprint density at radius 1 is 1.04 bits per heavy atom. The quantitative estimate of drug-likeness (QED) is 0.105. The van der Waals surface area contributed by atoms with Crippen molar-refractivity contribution in [2.75, 3.05) is 48.0 Å². The largest absolute Gasteiger partial charge is 0.465 e. The number of ether oxygens (including phenoxy) is 7. The molecule has 14 heteroatoms. The molecule has 16 atom stereocenters. The Bertz CT molecular complexity index is 1180. The summed E-state index contributed by atoms with van der Waals surface area (Å²) in [4.78, 5) is 17.5. The molecule has 3 aliphatic rings. The fraction of sp³-hybridized carbons (Fsp3) is 0.975. The van der Waals surface area contributed by atoms with Crippen molar-refractivity contribution in [3.8, 4) is 0 Å². The second kappa shape index (κ2) is 18.7. The van der Waals surface area contributed by atoms with Crippen molar-refractivity contribution in [1.82, 2.24) is 9.80 Å². The van der Waals surface area contributed by atoms with Crippen LogP contribution in [0.2, 0.25) is 0 Å². The molecule has 0 aromatic carbocycles. The van der Waals surface area contributed by atoms with Crippen LogP contribution < -0.4 is 0 Å². The molecule has 0 aromatic rings. The normalized spacial score (nSPS) is 35.6. The van der Waals surface area contributed by atoms with Gasteiger partial charge in [0.25, 0.3) is 0 Å². The van der Waals surface area contributed by atoms with Gasteiger partial charge in [-0.1, -0.05) is 20.8 Å².